The predicted molar refractivity (Wildman–Crippen MR) is 65.3 cm³/mol. The SMILES string of the molecule is COCCN(C)c1cccc(C(N)=S)n1. The Morgan fingerprint density at radius 2 is 2.33 bits per heavy atom. The molecule has 0 amide bonds. The van der Waals surface area contributed by atoms with E-state index < -0.39 is 0 Å². The van der Waals surface area contributed by atoms with E-state index in [1.165, 1.54) is 0 Å². The lowest BCUT2D eigenvalue weighted by molar-refractivity contribution is 0.206. The third-order valence-electron chi connectivity index (χ3n) is 2.01. The number of likely N-dealkylation sites (N-methyl/N-ethyl adjacent to an activating group) is 1. The Kier molecular flexibility index (Phi) is 4.45. The van der Waals surface area contributed by atoms with Crippen LogP contribution < -0.4 is 10.6 Å². The molecule has 0 saturated heterocycles. The summed E-state index contributed by atoms with van der Waals surface area (Å²) in [5.74, 6) is 0.845. The van der Waals surface area contributed by atoms with Crippen LogP contribution in [0.1, 0.15) is 5.69 Å². The summed E-state index contributed by atoms with van der Waals surface area (Å²) in [7, 11) is 3.62. The van der Waals surface area contributed by atoms with Crippen molar-refractivity contribution in [2.75, 3.05) is 32.2 Å². The molecule has 0 aliphatic rings. The molecule has 1 rings (SSSR count). The molecule has 0 aliphatic carbocycles. The highest BCUT2D eigenvalue weighted by atomic mass is 32.1. The van der Waals surface area contributed by atoms with E-state index in [1.807, 2.05) is 24.1 Å². The maximum atomic E-state index is 5.51. The first-order valence-corrected chi connectivity index (χ1v) is 5.03. The zero-order valence-corrected chi connectivity index (χ0v) is 9.75. The summed E-state index contributed by atoms with van der Waals surface area (Å²) >= 11 is 4.87. The molecule has 0 unspecified atom stereocenters. The number of anilines is 1. The quantitative estimate of drug-likeness (QED) is 0.751. The van der Waals surface area contributed by atoms with Gasteiger partial charge >= 0.3 is 0 Å². The van der Waals surface area contributed by atoms with E-state index in [-0.39, 0.29) is 0 Å². The van der Waals surface area contributed by atoms with Gasteiger partial charge in [0.25, 0.3) is 0 Å². The third kappa shape index (κ3) is 3.45. The van der Waals surface area contributed by atoms with Gasteiger partial charge in [-0.15, -0.1) is 0 Å². The smallest absolute Gasteiger partial charge is 0.129 e. The molecule has 0 saturated carbocycles. The topological polar surface area (TPSA) is 51.4 Å². The normalized spacial score (nSPS) is 10.0. The molecule has 1 heterocycles. The summed E-state index contributed by atoms with van der Waals surface area (Å²) in [4.78, 5) is 6.64. The molecule has 2 N–H and O–H groups in total. The summed E-state index contributed by atoms with van der Waals surface area (Å²) < 4.78 is 4.99. The summed E-state index contributed by atoms with van der Waals surface area (Å²) in [6.07, 6.45) is 0. The van der Waals surface area contributed by atoms with Crippen molar-refractivity contribution in [1.82, 2.24) is 4.98 Å². The fourth-order valence-corrected chi connectivity index (χ4v) is 1.23. The molecule has 82 valence electrons. The molecule has 0 aromatic carbocycles. The van der Waals surface area contributed by atoms with Gasteiger partial charge in [0, 0.05) is 20.7 Å². The Bertz CT molecular complexity index is 343. The van der Waals surface area contributed by atoms with E-state index in [2.05, 4.69) is 4.98 Å². The minimum Gasteiger partial charge on any atom is -0.388 e. The van der Waals surface area contributed by atoms with Crippen molar-refractivity contribution in [3.8, 4) is 0 Å². The van der Waals surface area contributed by atoms with Crippen molar-refractivity contribution in [3.05, 3.63) is 23.9 Å². The number of thiocarbonyl (C=S) groups is 1. The lowest BCUT2D eigenvalue weighted by Gasteiger charge is -2.17. The lowest BCUT2D eigenvalue weighted by atomic mass is 10.3. The van der Waals surface area contributed by atoms with Crippen LogP contribution >= 0.6 is 12.2 Å². The summed E-state index contributed by atoms with van der Waals surface area (Å²) in [5, 5.41) is 0. The molecule has 15 heavy (non-hydrogen) atoms. The van der Waals surface area contributed by atoms with Crippen LogP contribution in [0.2, 0.25) is 0 Å². The standard InChI is InChI=1S/C10H15N3OS/c1-13(6-7-14-2)9-5-3-4-8(12-9)10(11)15/h3-5H,6-7H2,1-2H3,(H2,11,15). The van der Waals surface area contributed by atoms with Crippen LogP contribution in [-0.2, 0) is 4.74 Å². The molecule has 0 bridgehead atoms. The fraction of sp³-hybridized carbons (Fsp3) is 0.400. The van der Waals surface area contributed by atoms with Gasteiger partial charge in [-0.05, 0) is 12.1 Å². The Morgan fingerprint density at radius 3 is 2.93 bits per heavy atom. The van der Waals surface area contributed by atoms with E-state index in [0.29, 0.717) is 17.3 Å². The molecule has 0 atom stereocenters. The van der Waals surface area contributed by atoms with E-state index in [4.69, 9.17) is 22.7 Å². The van der Waals surface area contributed by atoms with Crippen molar-refractivity contribution >= 4 is 23.0 Å². The third-order valence-corrected chi connectivity index (χ3v) is 2.22. The van der Waals surface area contributed by atoms with Crippen molar-refractivity contribution in [2.45, 2.75) is 0 Å². The number of rotatable bonds is 5. The molecule has 4 nitrogen and oxygen atoms in total. The molecule has 0 aliphatic heterocycles. The summed E-state index contributed by atoms with van der Waals surface area (Å²) in [6, 6.07) is 5.60. The van der Waals surface area contributed by atoms with Crippen molar-refractivity contribution in [2.24, 2.45) is 5.73 Å². The fourth-order valence-electron chi connectivity index (χ4n) is 1.12. The molecular formula is C10H15N3OS. The highest BCUT2D eigenvalue weighted by Crippen LogP contribution is 2.09. The Hall–Kier alpha value is -1.20. The van der Waals surface area contributed by atoms with Gasteiger partial charge in [0.05, 0.1) is 12.3 Å². The van der Waals surface area contributed by atoms with Crippen LogP contribution in [0.15, 0.2) is 18.2 Å². The van der Waals surface area contributed by atoms with E-state index in [1.54, 1.807) is 13.2 Å². The Morgan fingerprint density at radius 1 is 1.60 bits per heavy atom. The number of methoxy groups -OCH3 is 1. The van der Waals surface area contributed by atoms with Crippen LogP contribution in [0.3, 0.4) is 0 Å². The first kappa shape index (κ1) is 11.9. The molecule has 5 heteroatoms. The molecule has 1 aromatic rings. The number of pyridine rings is 1. The van der Waals surface area contributed by atoms with Gasteiger partial charge in [-0.2, -0.15) is 0 Å². The monoisotopic (exact) mass is 225 g/mol. The van der Waals surface area contributed by atoms with Gasteiger partial charge in [0.15, 0.2) is 0 Å². The van der Waals surface area contributed by atoms with E-state index in [9.17, 15) is 0 Å². The number of hydrogen-bond donors (Lipinski definition) is 1. The highest BCUT2D eigenvalue weighted by Gasteiger charge is 2.04. The van der Waals surface area contributed by atoms with Crippen LogP contribution in [-0.4, -0.2) is 37.3 Å². The maximum absolute atomic E-state index is 5.51. The van der Waals surface area contributed by atoms with Gasteiger partial charge < -0.3 is 15.4 Å². The van der Waals surface area contributed by atoms with Crippen molar-refractivity contribution in [1.29, 1.82) is 0 Å². The molecule has 1 aromatic heterocycles. The molecule has 0 fully saturated rings. The van der Waals surface area contributed by atoms with E-state index >= 15 is 0 Å². The highest BCUT2D eigenvalue weighted by molar-refractivity contribution is 7.80. The van der Waals surface area contributed by atoms with Crippen LogP contribution in [0.4, 0.5) is 5.82 Å². The minimum absolute atomic E-state index is 0.317. The van der Waals surface area contributed by atoms with Gasteiger partial charge in [0.2, 0.25) is 0 Å². The van der Waals surface area contributed by atoms with Crippen LogP contribution in [0.5, 0.6) is 0 Å². The maximum Gasteiger partial charge on any atom is 0.129 e. The number of nitrogens with zero attached hydrogens (tertiary/aromatic N) is 2. The number of nitrogens with two attached hydrogens (primary N) is 1. The van der Waals surface area contributed by atoms with Gasteiger partial charge in [-0.3, -0.25) is 0 Å². The zero-order chi connectivity index (χ0) is 11.3. The van der Waals surface area contributed by atoms with Crippen LogP contribution in [0, 0.1) is 0 Å². The summed E-state index contributed by atoms with van der Waals surface area (Å²) in [6.45, 7) is 1.44. The Labute approximate surface area is 95.0 Å². The second-order valence-corrected chi connectivity index (χ2v) is 3.60. The number of hydrogen-bond acceptors (Lipinski definition) is 4. The summed E-state index contributed by atoms with van der Waals surface area (Å²) in [5.41, 5.74) is 6.15. The lowest BCUT2D eigenvalue weighted by Crippen LogP contribution is -2.24. The average molecular weight is 225 g/mol. The van der Waals surface area contributed by atoms with Crippen molar-refractivity contribution in [3.63, 3.8) is 0 Å². The zero-order valence-electron chi connectivity index (χ0n) is 8.93. The van der Waals surface area contributed by atoms with E-state index in [0.717, 1.165) is 12.4 Å². The molecule has 0 spiro atoms. The largest absolute Gasteiger partial charge is 0.388 e. The van der Waals surface area contributed by atoms with Gasteiger partial charge in [-0.25, -0.2) is 4.98 Å². The first-order chi connectivity index (χ1) is 7.15. The van der Waals surface area contributed by atoms with Gasteiger partial charge in [-0.1, -0.05) is 18.3 Å². The van der Waals surface area contributed by atoms with Crippen molar-refractivity contribution < 1.29 is 4.74 Å². The predicted octanol–water partition coefficient (Wildman–Crippen LogP) is 0.798. The number of ether oxygens (including phenoxy) is 1. The molecular weight excluding hydrogens is 210 g/mol. The molecule has 0 radical (unpaired) electrons. The minimum atomic E-state index is 0.317. The average Bonchev–Trinajstić information content (AvgIpc) is 2.26. The second-order valence-electron chi connectivity index (χ2n) is 3.16. The van der Waals surface area contributed by atoms with Gasteiger partial charge in [0.1, 0.15) is 10.8 Å². The Balaban J connectivity index is 2.76. The number of aromatic nitrogens is 1. The second kappa shape index (κ2) is 5.63. The first-order valence-electron chi connectivity index (χ1n) is 4.62. The van der Waals surface area contributed by atoms with Crippen LogP contribution in [0.25, 0.3) is 0 Å².